The number of anilines is 1. The van der Waals surface area contributed by atoms with Crippen LogP contribution in [-0.4, -0.2) is 26.9 Å². The number of piperidine rings is 1. The standard InChI is InChI=1S/C18H30N2OSi/c1-17(2,3)22(4,5)21-16-14-9-6-7-10-15(14)20-18(16)11-8-12-19-13-18/h6-7,9-10,16,19-20H,8,11-13H2,1-5H3. The Morgan fingerprint density at radius 1 is 1.23 bits per heavy atom. The lowest BCUT2D eigenvalue weighted by Crippen LogP contribution is -2.55. The third-order valence-corrected chi connectivity index (χ3v) is 10.2. The molecule has 2 unspecified atom stereocenters. The van der Waals surface area contributed by atoms with E-state index in [9.17, 15) is 0 Å². The Kier molecular flexibility index (Phi) is 3.90. The molecule has 0 bridgehead atoms. The molecule has 2 heterocycles. The van der Waals surface area contributed by atoms with Gasteiger partial charge < -0.3 is 15.1 Å². The first kappa shape index (κ1) is 16.0. The maximum absolute atomic E-state index is 6.92. The molecule has 3 nitrogen and oxygen atoms in total. The molecule has 1 saturated heterocycles. The molecule has 0 radical (unpaired) electrons. The second-order valence-electron chi connectivity index (χ2n) is 8.41. The molecule has 0 aliphatic carbocycles. The molecule has 0 saturated carbocycles. The van der Waals surface area contributed by atoms with Crippen molar-refractivity contribution in [2.45, 2.75) is 63.4 Å². The Bertz CT molecular complexity index is 544. The van der Waals surface area contributed by atoms with E-state index in [-0.39, 0.29) is 16.7 Å². The summed E-state index contributed by atoms with van der Waals surface area (Å²) in [6.45, 7) is 13.8. The number of fused-ring (bicyclic) bond motifs is 1. The first-order chi connectivity index (χ1) is 10.3. The number of hydrogen-bond donors (Lipinski definition) is 2. The summed E-state index contributed by atoms with van der Waals surface area (Å²) in [5.41, 5.74) is 2.63. The lowest BCUT2D eigenvalue weighted by molar-refractivity contribution is 0.0992. The first-order valence-corrected chi connectivity index (χ1v) is 11.4. The van der Waals surface area contributed by atoms with Gasteiger partial charge in [0.1, 0.15) is 0 Å². The summed E-state index contributed by atoms with van der Waals surface area (Å²) in [5, 5.41) is 7.62. The topological polar surface area (TPSA) is 33.3 Å². The van der Waals surface area contributed by atoms with E-state index in [0.717, 1.165) is 13.1 Å². The smallest absolute Gasteiger partial charge is 0.193 e. The fourth-order valence-electron chi connectivity index (χ4n) is 3.38. The van der Waals surface area contributed by atoms with Crippen LogP contribution in [0.4, 0.5) is 5.69 Å². The zero-order valence-electron chi connectivity index (χ0n) is 14.6. The van der Waals surface area contributed by atoms with Crippen LogP contribution in [0.5, 0.6) is 0 Å². The van der Waals surface area contributed by atoms with Gasteiger partial charge in [0.2, 0.25) is 0 Å². The molecule has 1 spiro atoms. The zero-order valence-corrected chi connectivity index (χ0v) is 15.6. The Morgan fingerprint density at radius 3 is 2.59 bits per heavy atom. The van der Waals surface area contributed by atoms with Crippen molar-refractivity contribution in [3.63, 3.8) is 0 Å². The number of hydrogen-bond acceptors (Lipinski definition) is 3. The number of nitrogens with one attached hydrogen (secondary N) is 2. The highest BCUT2D eigenvalue weighted by Crippen LogP contribution is 2.50. The summed E-state index contributed by atoms with van der Waals surface area (Å²) in [4.78, 5) is 0. The molecule has 2 aliphatic heterocycles. The molecular formula is C18H30N2OSi. The molecule has 1 aromatic rings. The van der Waals surface area contributed by atoms with Gasteiger partial charge in [0.05, 0.1) is 11.6 Å². The van der Waals surface area contributed by atoms with Gasteiger partial charge >= 0.3 is 0 Å². The van der Waals surface area contributed by atoms with Gasteiger partial charge in [0, 0.05) is 17.8 Å². The van der Waals surface area contributed by atoms with Gasteiger partial charge in [-0.3, -0.25) is 0 Å². The summed E-state index contributed by atoms with van der Waals surface area (Å²) < 4.78 is 6.92. The minimum atomic E-state index is -1.82. The van der Waals surface area contributed by atoms with Crippen molar-refractivity contribution in [1.29, 1.82) is 0 Å². The van der Waals surface area contributed by atoms with Gasteiger partial charge in [-0.2, -0.15) is 0 Å². The molecule has 2 N–H and O–H groups in total. The van der Waals surface area contributed by atoms with Gasteiger partial charge in [0.25, 0.3) is 0 Å². The van der Waals surface area contributed by atoms with Crippen molar-refractivity contribution >= 4 is 14.0 Å². The van der Waals surface area contributed by atoms with E-state index in [1.54, 1.807) is 0 Å². The van der Waals surface area contributed by atoms with E-state index in [2.05, 4.69) is 68.8 Å². The summed E-state index contributed by atoms with van der Waals surface area (Å²) in [7, 11) is -1.82. The van der Waals surface area contributed by atoms with Gasteiger partial charge in [0.15, 0.2) is 8.32 Å². The van der Waals surface area contributed by atoms with Crippen molar-refractivity contribution in [3.8, 4) is 0 Å². The lowest BCUT2D eigenvalue weighted by Gasteiger charge is -2.45. The highest BCUT2D eigenvalue weighted by molar-refractivity contribution is 6.74. The average molecular weight is 319 g/mol. The van der Waals surface area contributed by atoms with Crippen LogP contribution in [0.1, 0.15) is 45.3 Å². The maximum Gasteiger partial charge on any atom is 0.193 e. The molecule has 2 atom stereocenters. The summed E-state index contributed by atoms with van der Waals surface area (Å²) in [5.74, 6) is 0. The molecule has 4 heteroatoms. The van der Waals surface area contributed by atoms with Crippen LogP contribution in [0.3, 0.4) is 0 Å². The van der Waals surface area contributed by atoms with Crippen LogP contribution in [0, 0.1) is 0 Å². The second kappa shape index (κ2) is 5.36. The molecule has 1 fully saturated rings. The number of rotatable bonds is 2. The van der Waals surface area contributed by atoms with E-state index >= 15 is 0 Å². The van der Waals surface area contributed by atoms with E-state index in [0.29, 0.717) is 0 Å². The molecular weight excluding hydrogens is 288 g/mol. The van der Waals surface area contributed by atoms with Crippen molar-refractivity contribution in [2.24, 2.45) is 0 Å². The van der Waals surface area contributed by atoms with Crippen LogP contribution >= 0.6 is 0 Å². The van der Waals surface area contributed by atoms with Crippen LogP contribution in [0.25, 0.3) is 0 Å². The quantitative estimate of drug-likeness (QED) is 0.798. The van der Waals surface area contributed by atoms with Crippen LogP contribution in [0.2, 0.25) is 18.1 Å². The first-order valence-electron chi connectivity index (χ1n) is 8.51. The fraction of sp³-hybridized carbons (Fsp3) is 0.667. The van der Waals surface area contributed by atoms with Crippen molar-refractivity contribution < 1.29 is 4.43 Å². The van der Waals surface area contributed by atoms with Gasteiger partial charge in [-0.25, -0.2) is 0 Å². The SMILES string of the molecule is CC(C)(C)[Si](C)(C)OC1c2ccccc2NC12CCCNC2. The van der Waals surface area contributed by atoms with E-state index in [1.165, 1.54) is 24.1 Å². The predicted octanol–water partition coefficient (Wildman–Crippen LogP) is 4.30. The monoisotopic (exact) mass is 318 g/mol. The largest absolute Gasteiger partial charge is 0.407 e. The minimum absolute atomic E-state index is 0.0253. The van der Waals surface area contributed by atoms with Crippen molar-refractivity contribution in [1.82, 2.24) is 5.32 Å². The third-order valence-electron chi connectivity index (χ3n) is 5.76. The summed E-state index contributed by atoms with van der Waals surface area (Å²) in [6, 6.07) is 8.69. The number of benzene rings is 1. The molecule has 122 valence electrons. The lowest BCUT2D eigenvalue weighted by atomic mass is 9.85. The van der Waals surface area contributed by atoms with Crippen LogP contribution < -0.4 is 10.6 Å². The molecule has 0 amide bonds. The van der Waals surface area contributed by atoms with E-state index < -0.39 is 8.32 Å². The van der Waals surface area contributed by atoms with Crippen molar-refractivity contribution in [3.05, 3.63) is 29.8 Å². The van der Waals surface area contributed by atoms with Gasteiger partial charge in [-0.05, 0) is 43.6 Å². The minimum Gasteiger partial charge on any atom is -0.407 e. The summed E-state index contributed by atoms with van der Waals surface area (Å²) in [6.07, 6.45) is 2.55. The summed E-state index contributed by atoms with van der Waals surface area (Å²) >= 11 is 0. The fourth-order valence-corrected chi connectivity index (χ4v) is 4.67. The van der Waals surface area contributed by atoms with Gasteiger partial charge in [-0.1, -0.05) is 39.0 Å². The van der Waals surface area contributed by atoms with Crippen LogP contribution in [0.15, 0.2) is 24.3 Å². The molecule has 1 aromatic carbocycles. The van der Waals surface area contributed by atoms with E-state index in [4.69, 9.17) is 4.43 Å². The zero-order chi connectivity index (χ0) is 16.0. The van der Waals surface area contributed by atoms with Crippen molar-refractivity contribution in [2.75, 3.05) is 18.4 Å². The number of para-hydroxylation sites is 1. The molecule has 3 rings (SSSR count). The Hall–Kier alpha value is -0.843. The van der Waals surface area contributed by atoms with E-state index in [1.807, 2.05) is 0 Å². The highest BCUT2D eigenvalue weighted by Gasteiger charge is 2.51. The Labute approximate surface area is 136 Å². The Morgan fingerprint density at radius 2 is 1.95 bits per heavy atom. The van der Waals surface area contributed by atoms with Gasteiger partial charge in [-0.15, -0.1) is 0 Å². The molecule has 22 heavy (non-hydrogen) atoms. The highest BCUT2D eigenvalue weighted by atomic mass is 28.4. The molecule has 2 aliphatic rings. The average Bonchev–Trinajstić information content (AvgIpc) is 2.72. The molecule has 0 aromatic heterocycles. The predicted molar refractivity (Wildman–Crippen MR) is 95.9 cm³/mol. The third kappa shape index (κ3) is 2.61. The Balaban J connectivity index is 1.97. The normalized spacial score (nSPS) is 28.5. The van der Waals surface area contributed by atoms with Crippen LogP contribution in [-0.2, 0) is 4.43 Å². The maximum atomic E-state index is 6.92. The second-order valence-corrected chi connectivity index (χ2v) is 13.2.